The molecule has 2 aromatic rings. The first-order valence-corrected chi connectivity index (χ1v) is 7.61. The molecule has 6 heteroatoms. The number of rotatable bonds is 2. The van der Waals surface area contributed by atoms with Crippen molar-refractivity contribution in [3.05, 3.63) is 35.4 Å². The highest BCUT2D eigenvalue weighted by Crippen LogP contribution is 2.29. The van der Waals surface area contributed by atoms with Gasteiger partial charge < -0.3 is 4.52 Å². The molecule has 106 valence electrons. The quantitative estimate of drug-likeness (QED) is 0.582. The van der Waals surface area contributed by atoms with Crippen LogP contribution in [0.5, 0.6) is 0 Å². The van der Waals surface area contributed by atoms with Gasteiger partial charge in [-0.2, -0.15) is 4.98 Å². The van der Waals surface area contributed by atoms with Crippen LogP contribution in [0, 0.1) is 12.7 Å². The summed E-state index contributed by atoms with van der Waals surface area (Å²) in [6.45, 7) is 3.89. The fourth-order valence-electron chi connectivity index (χ4n) is 2.41. The second-order valence-corrected chi connectivity index (χ2v) is 6.49. The number of hydrogen-bond donors (Lipinski definition) is 0. The molecule has 1 aliphatic heterocycles. The molecule has 0 N–H and O–H groups in total. The van der Waals surface area contributed by atoms with E-state index >= 15 is 0 Å². The van der Waals surface area contributed by atoms with Gasteiger partial charge in [0.05, 0.1) is 5.56 Å². The van der Waals surface area contributed by atoms with Gasteiger partial charge in [0.1, 0.15) is 5.82 Å². The Kier molecular flexibility index (Phi) is 4.02. The Labute approximate surface area is 130 Å². The van der Waals surface area contributed by atoms with E-state index in [0.717, 1.165) is 31.5 Å². The molecule has 4 nitrogen and oxygen atoms in total. The average Bonchev–Trinajstić information content (AvgIpc) is 2.89. The van der Waals surface area contributed by atoms with Gasteiger partial charge >= 0.3 is 0 Å². The van der Waals surface area contributed by atoms with Crippen molar-refractivity contribution in [1.29, 1.82) is 0 Å². The van der Waals surface area contributed by atoms with E-state index in [-0.39, 0.29) is 11.7 Å². The van der Waals surface area contributed by atoms with E-state index in [4.69, 9.17) is 4.52 Å². The maximum absolute atomic E-state index is 13.9. The lowest BCUT2D eigenvalue weighted by Gasteiger charge is -2.24. The van der Waals surface area contributed by atoms with Gasteiger partial charge in [0.2, 0.25) is 0 Å². The monoisotopic (exact) mass is 387 g/mol. The minimum absolute atomic E-state index is 0.273. The molecule has 1 saturated heterocycles. The van der Waals surface area contributed by atoms with E-state index in [1.807, 2.05) is 13.0 Å². The summed E-state index contributed by atoms with van der Waals surface area (Å²) in [4.78, 5) is 4.38. The molecule has 0 bridgehead atoms. The Hall–Kier alpha value is -1.02. The van der Waals surface area contributed by atoms with Crippen LogP contribution in [0.15, 0.2) is 22.7 Å². The van der Waals surface area contributed by atoms with Crippen molar-refractivity contribution >= 4 is 22.9 Å². The van der Waals surface area contributed by atoms with Gasteiger partial charge in [0.25, 0.3) is 5.89 Å². The van der Waals surface area contributed by atoms with E-state index in [2.05, 4.69) is 36.1 Å². The van der Waals surface area contributed by atoms with Crippen LogP contribution >= 0.6 is 22.9 Å². The molecule has 0 unspecified atom stereocenters. The van der Waals surface area contributed by atoms with Crippen LogP contribution in [-0.2, 0) is 0 Å². The Morgan fingerprint density at radius 2 is 2.10 bits per heavy atom. The van der Waals surface area contributed by atoms with Gasteiger partial charge in [-0.3, -0.25) is 0 Å². The number of aryl methyl sites for hydroxylation is 1. The molecule has 1 fully saturated rings. The summed E-state index contributed by atoms with van der Waals surface area (Å²) in [6, 6.07) is 5.01. The number of hydrogen-bond acceptors (Lipinski definition) is 4. The molecule has 0 aliphatic carbocycles. The molecule has 3 rings (SSSR count). The topological polar surface area (TPSA) is 42.2 Å². The summed E-state index contributed by atoms with van der Waals surface area (Å²) in [7, 11) is 0. The zero-order chi connectivity index (χ0) is 14.1. The third-order valence-corrected chi connectivity index (χ3v) is 4.57. The Morgan fingerprint density at radius 3 is 2.80 bits per heavy atom. The van der Waals surface area contributed by atoms with E-state index in [9.17, 15) is 4.39 Å². The normalized spacial score (nSPS) is 17.6. The molecular formula is C14H15FIN3O. The Bertz CT molecular complexity index is 608. The molecule has 20 heavy (non-hydrogen) atoms. The number of aromatic nitrogens is 2. The molecule has 0 amide bonds. The zero-order valence-corrected chi connectivity index (χ0v) is 13.3. The van der Waals surface area contributed by atoms with Gasteiger partial charge in [-0.25, -0.2) is 7.50 Å². The fraction of sp³-hybridized carbons (Fsp3) is 0.429. The van der Waals surface area contributed by atoms with Gasteiger partial charge in [0, 0.05) is 41.9 Å². The summed E-state index contributed by atoms with van der Waals surface area (Å²) in [5, 5.41) is 4.03. The molecule has 0 spiro atoms. The second-order valence-electron chi connectivity index (χ2n) is 5.13. The molecule has 1 aromatic carbocycles. The van der Waals surface area contributed by atoms with Crippen LogP contribution < -0.4 is 0 Å². The lowest BCUT2D eigenvalue weighted by Crippen LogP contribution is -2.25. The highest BCUT2D eigenvalue weighted by Gasteiger charge is 2.24. The average molecular weight is 387 g/mol. The van der Waals surface area contributed by atoms with Crippen LogP contribution in [0.1, 0.15) is 30.1 Å². The van der Waals surface area contributed by atoms with Crippen molar-refractivity contribution < 1.29 is 8.91 Å². The Balaban J connectivity index is 1.83. The lowest BCUT2D eigenvalue weighted by molar-refractivity contribution is 0.345. The number of piperidine rings is 1. The first kappa shape index (κ1) is 13.9. The highest BCUT2D eigenvalue weighted by molar-refractivity contribution is 14.1. The second kappa shape index (κ2) is 5.77. The lowest BCUT2D eigenvalue weighted by atomic mass is 9.98. The van der Waals surface area contributed by atoms with Crippen LogP contribution in [0.25, 0.3) is 11.5 Å². The van der Waals surface area contributed by atoms with Gasteiger partial charge in [-0.1, -0.05) is 11.2 Å². The summed E-state index contributed by atoms with van der Waals surface area (Å²) in [5.41, 5.74) is 1.25. The maximum Gasteiger partial charge on any atom is 0.260 e. The van der Waals surface area contributed by atoms with Gasteiger partial charge in [0.15, 0.2) is 5.82 Å². The standard InChI is InChI=1S/C14H15FIN3O/c1-9-2-3-11(12(15)8-9)14-17-13(18-20-14)10-4-6-19(16)7-5-10/h2-3,8,10H,4-7H2,1H3. The first-order chi connectivity index (χ1) is 9.63. The minimum Gasteiger partial charge on any atom is -0.334 e. The van der Waals surface area contributed by atoms with E-state index in [1.54, 1.807) is 6.07 Å². The van der Waals surface area contributed by atoms with E-state index in [1.165, 1.54) is 6.07 Å². The van der Waals surface area contributed by atoms with E-state index in [0.29, 0.717) is 17.3 Å². The molecule has 2 heterocycles. The highest BCUT2D eigenvalue weighted by atomic mass is 127. The number of nitrogens with zero attached hydrogens (tertiary/aromatic N) is 3. The van der Waals surface area contributed by atoms with Gasteiger partial charge in [-0.05, 0) is 37.5 Å². The van der Waals surface area contributed by atoms with Crippen molar-refractivity contribution in [3.63, 3.8) is 0 Å². The molecule has 0 atom stereocenters. The summed E-state index contributed by atoms with van der Waals surface area (Å²) in [6.07, 6.45) is 2.02. The maximum atomic E-state index is 13.9. The van der Waals surface area contributed by atoms with Crippen LogP contribution in [0.2, 0.25) is 0 Å². The van der Waals surface area contributed by atoms with Crippen molar-refractivity contribution in [1.82, 2.24) is 13.3 Å². The molecule has 0 radical (unpaired) electrons. The van der Waals surface area contributed by atoms with Crippen LogP contribution in [0.4, 0.5) is 4.39 Å². The molecule has 1 aromatic heterocycles. The third-order valence-electron chi connectivity index (χ3n) is 3.60. The number of benzene rings is 1. The SMILES string of the molecule is Cc1ccc(-c2nc(C3CCN(I)CC3)no2)c(F)c1. The Morgan fingerprint density at radius 1 is 1.35 bits per heavy atom. The van der Waals surface area contributed by atoms with Crippen molar-refractivity contribution in [2.45, 2.75) is 25.7 Å². The summed E-state index contributed by atoms with van der Waals surface area (Å²) < 4.78 is 21.4. The predicted octanol–water partition coefficient (Wildman–Crippen LogP) is 3.71. The van der Waals surface area contributed by atoms with Crippen molar-refractivity contribution in [3.8, 4) is 11.5 Å². The molecule has 1 aliphatic rings. The summed E-state index contributed by atoms with van der Waals surface area (Å²) in [5.74, 6) is 0.966. The molecule has 0 saturated carbocycles. The van der Waals surface area contributed by atoms with E-state index < -0.39 is 0 Å². The molecular weight excluding hydrogens is 372 g/mol. The van der Waals surface area contributed by atoms with Crippen molar-refractivity contribution in [2.75, 3.05) is 13.1 Å². The third kappa shape index (κ3) is 2.85. The predicted molar refractivity (Wildman–Crippen MR) is 82.0 cm³/mol. The first-order valence-electron chi connectivity index (χ1n) is 6.64. The van der Waals surface area contributed by atoms with Gasteiger partial charge in [-0.15, -0.1) is 0 Å². The zero-order valence-electron chi connectivity index (χ0n) is 11.1. The largest absolute Gasteiger partial charge is 0.334 e. The van der Waals surface area contributed by atoms with Crippen LogP contribution in [0.3, 0.4) is 0 Å². The fourth-order valence-corrected chi connectivity index (χ4v) is 2.97. The number of halogens is 2. The van der Waals surface area contributed by atoms with Crippen molar-refractivity contribution in [2.24, 2.45) is 0 Å². The minimum atomic E-state index is -0.317. The smallest absolute Gasteiger partial charge is 0.260 e. The van der Waals surface area contributed by atoms with Crippen LogP contribution in [-0.4, -0.2) is 26.3 Å². The summed E-state index contributed by atoms with van der Waals surface area (Å²) >= 11 is 2.33.